The van der Waals surface area contributed by atoms with Gasteiger partial charge in [0.25, 0.3) is 5.91 Å². The number of hydrogen-bond acceptors (Lipinski definition) is 3. The van der Waals surface area contributed by atoms with Crippen molar-refractivity contribution in [2.75, 3.05) is 26.0 Å². The van der Waals surface area contributed by atoms with Crippen LogP contribution >= 0.6 is 0 Å². The second-order valence-corrected chi connectivity index (χ2v) is 6.06. The number of carbonyl (C=O) groups excluding carboxylic acids is 1. The Bertz CT molecular complexity index is 868. The molecule has 24 heavy (non-hydrogen) atoms. The minimum atomic E-state index is 0.0141. The number of hydrogen-bond donors (Lipinski definition) is 0. The highest BCUT2D eigenvalue weighted by Gasteiger charge is 2.17. The molecule has 0 aliphatic rings. The molecule has 1 aromatic heterocycles. The first-order chi connectivity index (χ1) is 11.6. The summed E-state index contributed by atoms with van der Waals surface area (Å²) in [4.78, 5) is 21.0. The quantitative estimate of drug-likeness (QED) is 0.737. The minimum Gasteiger partial charge on any atom is -0.377 e. The number of fused-ring (bicyclic) bond motifs is 1. The Balaban J connectivity index is 1.90. The summed E-state index contributed by atoms with van der Waals surface area (Å²) >= 11 is 0. The molecule has 0 aliphatic carbocycles. The molecule has 0 atom stereocenters. The molecule has 3 rings (SSSR count). The van der Waals surface area contributed by atoms with Crippen molar-refractivity contribution >= 4 is 22.5 Å². The lowest BCUT2D eigenvalue weighted by atomic mass is 10.1. The Kier molecular flexibility index (Phi) is 4.47. The second kappa shape index (κ2) is 6.71. The fraction of sp³-hybridized carbons (Fsp3) is 0.200. The van der Waals surface area contributed by atoms with Crippen molar-refractivity contribution in [1.29, 1.82) is 0 Å². The van der Waals surface area contributed by atoms with E-state index < -0.39 is 0 Å². The van der Waals surface area contributed by atoms with Crippen LogP contribution in [0.25, 0.3) is 10.9 Å². The van der Waals surface area contributed by atoms with E-state index in [0.717, 1.165) is 22.2 Å². The lowest BCUT2D eigenvalue weighted by molar-refractivity contribution is 0.0786. The normalized spacial score (nSPS) is 10.6. The molecule has 0 saturated heterocycles. The van der Waals surface area contributed by atoms with Gasteiger partial charge in [0.15, 0.2) is 0 Å². The second-order valence-electron chi connectivity index (χ2n) is 6.06. The third-order valence-electron chi connectivity index (χ3n) is 4.11. The standard InChI is InChI=1S/C20H21N3O/c1-22(2)19-12-5-4-9-17(19)20(24)23(3)14-15-8-6-11-18-16(15)10-7-13-21-18/h4-13H,14H2,1-3H3. The number of pyridine rings is 1. The molecular formula is C20H21N3O. The Morgan fingerprint density at radius 3 is 2.54 bits per heavy atom. The van der Waals surface area contributed by atoms with Crippen molar-refractivity contribution in [3.8, 4) is 0 Å². The molecule has 0 unspecified atom stereocenters. The maximum absolute atomic E-state index is 12.9. The predicted octanol–water partition coefficient (Wildman–Crippen LogP) is 3.57. The number of amides is 1. The summed E-state index contributed by atoms with van der Waals surface area (Å²) in [5.41, 5.74) is 3.68. The van der Waals surface area contributed by atoms with Crippen LogP contribution in [0, 0.1) is 0 Å². The Hall–Kier alpha value is -2.88. The van der Waals surface area contributed by atoms with Gasteiger partial charge in [0.1, 0.15) is 0 Å². The van der Waals surface area contributed by atoms with E-state index in [2.05, 4.69) is 4.98 Å². The van der Waals surface area contributed by atoms with Crippen molar-refractivity contribution in [3.63, 3.8) is 0 Å². The fourth-order valence-electron chi connectivity index (χ4n) is 2.88. The topological polar surface area (TPSA) is 36.4 Å². The van der Waals surface area contributed by atoms with Crippen LogP contribution in [0.15, 0.2) is 60.8 Å². The maximum Gasteiger partial charge on any atom is 0.256 e. The molecule has 122 valence electrons. The van der Waals surface area contributed by atoms with Gasteiger partial charge in [-0.15, -0.1) is 0 Å². The van der Waals surface area contributed by atoms with Gasteiger partial charge in [-0.05, 0) is 29.8 Å². The third kappa shape index (κ3) is 3.08. The first kappa shape index (κ1) is 16.0. The van der Waals surface area contributed by atoms with E-state index in [1.807, 2.05) is 80.6 Å². The Morgan fingerprint density at radius 2 is 1.75 bits per heavy atom. The summed E-state index contributed by atoms with van der Waals surface area (Å²) in [6, 6.07) is 17.7. The molecule has 3 aromatic rings. The lowest BCUT2D eigenvalue weighted by Gasteiger charge is -2.22. The summed E-state index contributed by atoms with van der Waals surface area (Å²) in [5.74, 6) is 0.0141. The van der Waals surface area contributed by atoms with Crippen LogP contribution in [0.2, 0.25) is 0 Å². The maximum atomic E-state index is 12.9. The zero-order valence-electron chi connectivity index (χ0n) is 14.2. The highest BCUT2D eigenvalue weighted by Crippen LogP contribution is 2.22. The summed E-state index contributed by atoms with van der Waals surface area (Å²) in [6.07, 6.45) is 1.79. The number of aromatic nitrogens is 1. The van der Waals surface area contributed by atoms with E-state index in [-0.39, 0.29) is 5.91 Å². The van der Waals surface area contributed by atoms with Gasteiger partial charge in [0.2, 0.25) is 0 Å². The molecule has 2 aromatic carbocycles. The highest BCUT2D eigenvalue weighted by atomic mass is 16.2. The van der Waals surface area contributed by atoms with E-state index in [1.165, 1.54) is 0 Å². The third-order valence-corrected chi connectivity index (χ3v) is 4.11. The molecule has 0 bridgehead atoms. The van der Waals surface area contributed by atoms with E-state index in [0.29, 0.717) is 12.1 Å². The lowest BCUT2D eigenvalue weighted by Crippen LogP contribution is -2.28. The number of anilines is 1. The van der Waals surface area contributed by atoms with Crippen LogP contribution in [0.1, 0.15) is 15.9 Å². The SMILES string of the molecule is CN(Cc1cccc2ncccc12)C(=O)c1ccccc1N(C)C. The molecular weight excluding hydrogens is 298 g/mol. The van der Waals surface area contributed by atoms with Gasteiger partial charge in [-0.2, -0.15) is 0 Å². The van der Waals surface area contributed by atoms with E-state index in [9.17, 15) is 4.79 Å². The monoisotopic (exact) mass is 319 g/mol. The van der Waals surface area contributed by atoms with E-state index in [1.54, 1.807) is 11.1 Å². The van der Waals surface area contributed by atoms with Crippen molar-refractivity contribution in [3.05, 3.63) is 71.9 Å². The van der Waals surface area contributed by atoms with Gasteiger partial charge in [-0.3, -0.25) is 9.78 Å². The number of benzene rings is 2. The average molecular weight is 319 g/mol. The molecule has 4 heteroatoms. The molecule has 0 spiro atoms. The predicted molar refractivity (Wildman–Crippen MR) is 98.3 cm³/mol. The zero-order chi connectivity index (χ0) is 17.1. The Labute approximate surface area is 142 Å². The number of nitrogens with zero attached hydrogens (tertiary/aromatic N) is 3. The number of carbonyl (C=O) groups is 1. The summed E-state index contributed by atoms with van der Waals surface area (Å²) in [7, 11) is 5.73. The highest BCUT2D eigenvalue weighted by molar-refractivity contribution is 5.99. The summed E-state index contributed by atoms with van der Waals surface area (Å²) in [5, 5.41) is 1.08. The number of para-hydroxylation sites is 1. The average Bonchev–Trinajstić information content (AvgIpc) is 2.61. The molecule has 1 heterocycles. The van der Waals surface area contributed by atoms with Crippen LogP contribution in [-0.2, 0) is 6.54 Å². The first-order valence-corrected chi connectivity index (χ1v) is 7.92. The van der Waals surface area contributed by atoms with E-state index >= 15 is 0 Å². The van der Waals surface area contributed by atoms with Gasteiger partial charge in [-0.25, -0.2) is 0 Å². The molecule has 4 nitrogen and oxygen atoms in total. The fourth-order valence-corrected chi connectivity index (χ4v) is 2.88. The van der Waals surface area contributed by atoms with Crippen molar-refractivity contribution in [1.82, 2.24) is 9.88 Å². The smallest absolute Gasteiger partial charge is 0.256 e. The summed E-state index contributed by atoms with van der Waals surface area (Å²) in [6.45, 7) is 0.545. The van der Waals surface area contributed by atoms with Gasteiger partial charge >= 0.3 is 0 Å². The number of rotatable bonds is 4. The summed E-state index contributed by atoms with van der Waals surface area (Å²) < 4.78 is 0. The zero-order valence-corrected chi connectivity index (χ0v) is 14.2. The van der Waals surface area contributed by atoms with Gasteiger partial charge in [-0.1, -0.05) is 30.3 Å². The van der Waals surface area contributed by atoms with Crippen LogP contribution in [0.5, 0.6) is 0 Å². The molecule has 0 radical (unpaired) electrons. The van der Waals surface area contributed by atoms with Crippen LogP contribution in [0.4, 0.5) is 5.69 Å². The molecule has 0 N–H and O–H groups in total. The molecule has 0 fully saturated rings. The van der Waals surface area contributed by atoms with Crippen LogP contribution in [-0.4, -0.2) is 36.9 Å². The van der Waals surface area contributed by atoms with Crippen molar-refractivity contribution in [2.24, 2.45) is 0 Å². The molecule has 0 aliphatic heterocycles. The van der Waals surface area contributed by atoms with Gasteiger partial charge in [0.05, 0.1) is 11.1 Å². The van der Waals surface area contributed by atoms with Crippen molar-refractivity contribution < 1.29 is 4.79 Å². The van der Waals surface area contributed by atoms with Gasteiger partial charge in [0, 0.05) is 45.0 Å². The van der Waals surface area contributed by atoms with Crippen LogP contribution in [0.3, 0.4) is 0 Å². The Morgan fingerprint density at radius 1 is 0.958 bits per heavy atom. The minimum absolute atomic E-state index is 0.0141. The largest absolute Gasteiger partial charge is 0.377 e. The first-order valence-electron chi connectivity index (χ1n) is 7.92. The molecule has 1 amide bonds. The van der Waals surface area contributed by atoms with E-state index in [4.69, 9.17) is 0 Å². The van der Waals surface area contributed by atoms with Crippen molar-refractivity contribution in [2.45, 2.75) is 6.54 Å². The van der Waals surface area contributed by atoms with Gasteiger partial charge < -0.3 is 9.80 Å². The molecule has 0 saturated carbocycles. The van der Waals surface area contributed by atoms with Crippen LogP contribution < -0.4 is 4.90 Å².